The number of carbonyl (C=O) groups excluding carboxylic acids is 2. The molecule has 1 fully saturated rings. The Labute approximate surface area is 159 Å². The van der Waals surface area contributed by atoms with Crippen LogP contribution in [0.4, 0.5) is 0 Å². The number of rotatable bonds is 6. The Balaban J connectivity index is 1.61. The predicted octanol–water partition coefficient (Wildman–Crippen LogP) is 1.71. The standard InChI is InChI=1S/C19H30N6O2/c1-5-24-16-11-20-25(18(16)14(4)22-24)10-8-17(26)23-9-6-7-15(12-23)19(27)21-13(2)3/h11,13,15H,5-10,12H2,1-4H3,(H,21,27). The van der Waals surface area contributed by atoms with Crippen LogP contribution in [0.3, 0.4) is 0 Å². The van der Waals surface area contributed by atoms with Crippen LogP contribution in [-0.2, 0) is 22.7 Å². The van der Waals surface area contributed by atoms with Crippen molar-refractivity contribution in [1.29, 1.82) is 0 Å². The molecule has 148 valence electrons. The molecule has 1 atom stereocenters. The van der Waals surface area contributed by atoms with Crippen molar-refractivity contribution in [2.45, 2.75) is 66.1 Å². The summed E-state index contributed by atoms with van der Waals surface area (Å²) in [5.74, 6) is 0.0339. The number of amides is 2. The lowest BCUT2D eigenvalue weighted by Gasteiger charge is -2.32. The van der Waals surface area contributed by atoms with E-state index in [1.165, 1.54) is 0 Å². The second-order valence-electron chi connectivity index (χ2n) is 7.59. The van der Waals surface area contributed by atoms with Crippen molar-refractivity contribution in [2.24, 2.45) is 5.92 Å². The monoisotopic (exact) mass is 374 g/mol. The van der Waals surface area contributed by atoms with Gasteiger partial charge in [-0.2, -0.15) is 10.2 Å². The number of hydrogen-bond donors (Lipinski definition) is 1. The molecule has 1 N–H and O–H groups in total. The molecule has 2 aromatic rings. The smallest absolute Gasteiger partial charge is 0.225 e. The Morgan fingerprint density at radius 1 is 1.33 bits per heavy atom. The van der Waals surface area contributed by atoms with Gasteiger partial charge in [-0.05, 0) is 40.5 Å². The Morgan fingerprint density at radius 3 is 2.81 bits per heavy atom. The summed E-state index contributed by atoms with van der Waals surface area (Å²) in [7, 11) is 0. The average Bonchev–Trinajstić information content (AvgIpc) is 3.20. The molecule has 1 aliphatic rings. The molecule has 8 heteroatoms. The van der Waals surface area contributed by atoms with Crippen molar-refractivity contribution < 1.29 is 9.59 Å². The zero-order chi connectivity index (χ0) is 19.6. The zero-order valence-corrected chi connectivity index (χ0v) is 16.7. The molecule has 0 aliphatic carbocycles. The van der Waals surface area contributed by atoms with E-state index < -0.39 is 0 Å². The molecule has 1 aliphatic heterocycles. The van der Waals surface area contributed by atoms with Gasteiger partial charge in [-0.15, -0.1) is 0 Å². The molecule has 0 radical (unpaired) electrons. The minimum Gasteiger partial charge on any atom is -0.354 e. The van der Waals surface area contributed by atoms with E-state index in [0.717, 1.165) is 42.7 Å². The van der Waals surface area contributed by atoms with Crippen LogP contribution in [-0.4, -0.2) is 55.4 Å². The molecule has 0 bridgehead atoms. The number of aromatic nitrogens is 4. The number of carbonyl (C=O) groups is 2. The highest BCUT2D eigenvalue weighted by atomic mass is 16.2. The Bertz CT molecular complexity index is 822. The lowest BCUT2D eigenvalue weighted by atomic mass is 9.96. The van der Waals surface area contributed by atoms with Gasteiger partial charge in [0.15, 0.2) is 0 Å². The van der Waals surface area contributed by atoms with Crippen LogP contribution in [0, 0.1) is 12.8 Å². The van der Waals surface area contributed by atoms with Gasteiger partial charge in [0.2, 0.25) is 11.8 Å². The van der Waals surface area contributed by atoms with Gasteiger partial charge in [0.05, 0.1) is 24.4 Å². The number of hydrogen-bond acceptors (Lipinski definition) is 4. The number of nitrogens with one attached hydrogen (secondary N) is 1. The molecular weight excluding hydrogens is 344 g/mol. The quantitative estimate of drug-likeness (QED) is 0.834. The Kier molecular flexibility index (Phi) is 5.82. The fraction of sp³-hybridized carbons (Fsp3) is 0.684. The lowest BCUT2D eigenvalue weighted by Crippen LogP contribution is -2.46. The van der Waals surface area contributed by atoms with Crippen LogP contribution in [0.15, 0.2) is 6.20 Å². The van der Waals surface area contributed by atoms with E-state index in [2.05, 4.69) is 22.4 Å². The maximum Gasteiger partial charge on any atom is 0.225 e. The molecular formula is C19H30N6O2. The second-order valence-corrected chi connectivity index (χ2v) is 7.59. The van der Waals surface area contributed by atoms with Crippen LogP contribution in [0.5, 0.6) is 0 Å². The number of nitrogens with zero attached hydrogens (tertiary/aromatic N) is 5. The van der Waals surface area contributed by atoms with Crippen LogP contribution in [0.1, 0.15) is 45.7 Å². The Hall–Kier alpha value is -2.38. The molecule has 2 aromatic heterocycles. The minimum absolute atomic E-state index is 0.0545. The van der Waals surface area contributed by atoms with Crippen molar-refractivity contribution in [3.05, 3.63) is 11.9 Å². The lowest BCUT2D eigenvalue weighted by molar-refractivity contribution is -0.136. The van der Waals surface area contributed by atoms with Crippen LogP contribution >= 0.6 is 0 Å². The van der Waals surface area contributed by atoms with E-state index in [0.29, 0.717) is 19.5 Å². The summed E-state index contributed by atoms with van der Waals surface area (Å²) in [5, 5.41) is 11.9. The van der Waals surface area contributed by atoms with E-state index in [1.54, 1.807) is 0 Å². The van der Waals surface area contributed by atoms with Gasteiger partial charge < -0.3 is 10.2 Å². The van der Waals surface area contributed by atoms with E-state index >= 15 is 0 Å². The first kappa shape index (κ1) is 19.4. The van der Waals surface area contributed by atoms with Gasteiger partial charge in [-0.3, -0.25) is 19.0 Å². The first-order valence-corrected chi connectivity index (χ1v) is 9.87. The van der Waals surface area contributed by atoms with E-state index in [4.69, 9.17) is 0 Å². The topological polar surface area (TPSA) is 85.1 Å². The van der Waals surface area contributed by atoms with Crippen molar-refractivity contribution in [1.82, 2.24) is 29.8 Å². The highest BCUT2D eigenvalue weighted by molar-refractivity contribution is 5.82. The first-order chi connectivity index (χ1) is 12.9. The highest BCUT2D eigenvalue weighted by Crippen LogP contribution is 2.20. The maximum absolute atomic E-state index is 12.7. The highest BCUT2D eigenvalue weighted by Gasteiger charge is 2.28. The number of piperidine rings is 1. The molecule has 3 heterocycles. The first-order valence-electron chi connectivity index (χ1n) is 9.87. The third-order valence-corrected chi connectivity index (χ3v) is 5.12. The summed E-state index contributed by atoms with van der Waals surface area (Å²) in [6.07, 6.45) is 3.91. The van der Waals surface area contributed by atoms with E-state index in [-0.39, 0.29) is 23.8 Å². The van der Waals surface area contributed by atoms with Gasteiger partial charge in [0, 0.05) is 32.1 Å². The largest absolute Gasteiger partial charge is 0.354 e. The fourth-order valence-corrected chi connectivity index (χ4v) is 3.81. The summed E-state index contributed by atoms with van der Waals surface area (Å²) < 4.78 is 3.80. The van der Waals surface area contributed by atoms with Crippen LogP contribution in [0.2, 0.25) is 0 Å². The SMILES string of the molecule is CCn1nc(C)c2c1cnn2CCC(=O)N1CCCC(C(=O)NC(C)C)C1. The third-order valence-electron chi connectivity index (χ3n) is 5.12. The van der Waals surface area contributed by atoms with Crippen molar-refractivity contribution >= 4 is 22.8 Å². The predicted molar refractivity (Wildman–Crippen MR) is 103 cm³/mol. The molecule has 0 spiro atoms. The number of fused-ring (bicyclic) bond motifs is 1. The van der Waals surface area contributed by atoms with Crippen molar-refractivity contribution in [3.63, 3.8) is 0 Å². The fourth-order valence-electron chi connectivity index (χ4n) is 3.81. The summed E-state index contributed by atoms with van der Waals surface area (Å²) in [6.45, 7) is 10.5. The number of aryl methyl sites for hydroxylation is 3. The summed E-state index contributed by atoms with van der Waals surface area (Å²) in [6, 6.07) is 0.123. The summed E-state index contributed by atoms with van der Waals surface area (Å²) in [5.41, 5.74) is 2.93. The maximum atomic E-state index is 12.7. The molecule has 3 rings (SSSR count). The average molecular weight is 374 g/mol. The molecule has 0 aromatic carbocycles. The van der Waals surface area contributed by atoms with Crippen molar-refractivity contribution in [3.8, 4) is 0 Å². The van der Waals surface area contributed by atoms with Gasteiger partial charge in [0.25, 0.3) is 0 Å². The minimum atomic E-state index is -0.105. The molecule has 27 heavy (non-hydrogen) atoms. The summed E-state index contributed by atoms with van der Waals surface area (Å²) >= 11 is 0. The van der Waals surface area contributed by atoms with E-state index in [9.17, 15) is 9.59 Å². The van der Waals surface area contributed by atoms with Crippen molar-refractivity contribution in [2.75, 3.05) is 13.1 Å². The van der Waals surface area contributed by atoms with Gasteiger partial charge >= 0.3 is 0 Å². The third kappa shape index (κ3) is 4.14. The van der Waals surface area contributed by atoms with Crippen LogP contribution in [0.25, 0.3) is 11.0 Å². The Morgan fingerprint density at radius 2 is 2.11 bits per heavy atom. The normalized spacial score (nSPS) is 17.7. The van der Waals surface area contributed by atoms with Gasteiger partial charge in [0.1, 0.15) is 11.0 Å². The molecule has 1 unspecified atom stereocenters. The number of likely N-dealkylation sites (tertiary alicyclic amines) is 1. The second kappa shape index (κ2) is 8.10. The van der Waals surface area contributed by atoms with Crippen LogP contribution < -0.4 is 5.32 Å². The van der Waals surface area contributed by atoms with E-state index in [1.807, 2.05) is 41.2 Å². The molecule has 1 saturated heterocycles. The molecule has 8 nitrogen and oxygen atoms in total. The zero-order valence-electron chi connectivity index (χ0n) is 16.7. The molecule has 0 saturated carbocycles. The summed E-state index contributed by atoms with van der Waals surface area (Å²) in [4.78, 5) is 26.8. The molecule has 2 amide bonds. The van der Waals surface area contributed by atoms with Gasteiger partial charge in [-0.25, -0.2) is 0 Å². The van der Waals surface area contributed by atoms with Gasteiger partial charge in [-0.1, -0.05) is 0 Å².